The Morgan fingerprint density at radius 1 is 1.20 bits per heavy atom. The lowest BCUT2D eigenvalue weighted by molar-refractivity contribution is -0.157. The Labute approximate surface area is 149 Å². The van der Waals surface area contributed by atoms with Crippen molar-refractivity contribution in [3.05, 3.63) is 47.6 Å². The van der Waals surface area contributed by atoms with Crippen molar-refractivity contribution < 1.29 is 19.4 Å². The number of aromatic nitrogens is 1. The first kappa shape index (κ1) is 17.2. The number of pyridine rings is 1. The number of hydrogen-bond donors (Lipinski definition) is 2. The van der Waals surface area contributed by atoms with E-state index in [1.807, 2.05) is 0 Å². The minimum Gasteiger partial charge on any atom is -0.481 e. The average molecular weight is 361 g/mol. The fraction of sp³-hybridized carbons (Fsp3) is 0.278. The van der Waals surface area contributed by atoms with Crippen LogP contribution in [-0.4, -0.2) is 22.0 Å². The number of nitrogens with zero attached hydrogens (tertiary/aromatic N) is 1. The Balaban J connectivity index is 1.58. The lowest BCUT2D eigenvalue weighted by Gasteiger charge is -2.36. The van der Waals surface area contributed by atoms with E-state index in [-0.39, 0.29) is 12.3 Å². The zero-order valence-electron chi connectivity index (χ0n) is 13.4. The molecule has 3 rings (SSSR count). The molecule has 2 aromatic rings. The SMILES string of the molecule is O=C(CC1(C(=O)O)CCC1)Nc1ccc(Oc2ccc(Cl)cn2)cc1. The van der Waals surface area contributed by atoms with Gasteiger partial charge in [-0.3, -0.25) is 9.59 Å². The number of carboxylic acid groups (broad SMARTS) is 1. The second-order valence-electron chi connectivity index (χ2n) is 6.11. The van der Waals surface area contributed by atoms with Crippen LogP contribution in [0.15, 0.2) is 42.6 Å². The molecule has 1 heterocycles. The molecule has 0 unspecified atom stereocenters. The molecule has 2 N–H and O–H groups in total. The summed E-state index contributed by atoms with van der Waals surface area (Å²) in [6.45, 7) is 0. The fourth-order valence-corrected chi connectivity index (χ4v) is 2.84. The first-order valence-electron chi connectivity index (χ1n) is 7.90. The summed E-state index contributed by atoms with van der Waals surface area (Å²) in [6, 6.07) is 10.1. The maximum Gasteiger partial charge on any atom is 0.310 e. The number of benzene rings is 1. The number of amides is 1. The monoisotopic (exact) mass is 360 g/mol. The molecule has 0 saturated heterocycles. The Bertz CT molecular complexity index is 771. The zero-order valence-corrected chi connectivity index (χ0v) is 14.1. The number of carbonyl (C=O) groups excluding carboxylic acids is 1. The highest BCUT2D eigenvalue weighted by Crippen LogP contribution is 2.44. The van der Waals surface area contributed by atoms with Crippen molar-refractivity contribution in [3.8, 4) is 11.6 Å². The van der Waals surface area contributed by atoms with E-state index in [2.05, 4.69) is 10.3 Å². The molecule has 25 heavy (non-hydrogen) atoms. The molecule has 0 radical (unpaired) electrons. The summed E-state index contributed by atoms with van der Waals surface area (Å²) in [5.74, 6) is -0.216. The molecule has 0 spiro atoms. The van der Waals surface area contributed by atoms with E-state index < -0.39 is 11.4 Å². The highest BCUT2D eigenvalue weighted by molar-refractivity contribution is 6.30. The molecule has 130 valence electrons. The number of anilines is 1. The van der Waals surface area contributed by atoms with Crippen molar-refractivity contribution in [2.75, 3.05) is 5.32 Å². The van der Waals surface area contributed by atoms with E-state index in [9.17, 15) is 14.7 Å². The van der Waals surface area contributed by atoms with Crippen molar-refractivity contribution >= 4 is 29.2 Å². The van der Waals surface area contributed by atoms with E-state index in [0.717, 1.165) is 6.42 Å². The van der Waals surface area contributed by atoms with Gasteiger partial charge in [0.25, 0.3) is 0 Å². The number of halogens is 1. The molecule has 7 heteroatoms. The van der Waals surface area contributed by atoms with Crippen molar-refractivity contribution in [1.82, 2.24) is 4.98 Å². The largest absolute Gasteiger partial charge is 0.481 e. The van der Waals surface area contributed by atoms with Gasteiger partial charge in [-0.05, 0) is 43.2 Å². The number of nitrogens with one attached hydrogen (secondary N) is 1. The quantitative estimate of drug-likeness (QED) is 0.809. The summed E-state index contributed by atoms with van der Waals surface area (Å²) in [4.78, 5) is 27.5. The second kappa shape index (κ2) is 7.11. The maximum absolute atomic E-state index is 12.1. The van der Waals surface area contributed by atoms with Gasteiger partial charge in [-0.15, -0.1) is 0 Å². The molecule has 1 saturated carbocycles. The normalized spacial score (nSPS) is 15.1. The minimum atomic E-state index is -0.895. The number of hydrogen-bond acceptors (Lipinski definition) is 4. The van der Waals surface area contributed by atoms with E-state index >= 15 is 0 Å². The molecular weight excluding hydrogens is 344 g/mol. The molecule has 1 aromatic heterocycles. The summed E-state index contributed by atoms with van der Waals surface area (Å²) in [5, 5.41) is 12.5. The van der Waals surface area contributed by atoms with Gasteiger partial charge in [-0.25, -0.2) is 4.98 Å². The zero-order chi connectivity index (χ0) is 17.9. The first-order chi connectivity index (χ1) is 12.0. The Hall–Kier alpha value is -2.60. The molecule has 1 amide bonds. The van der Waals surface area contributed by atoms with E-state index in [0.29, 0.717) is 35.2 Å². The summed E-state index contributed by atoms with van der Waals surface area (Å²) in [6.07, 6.45) is 3.44. The summed E-state index contributed by atoms with van der Waals surface area (Å²) < 4.78 is 5.57. The van der Waals surface area contributed by atoms with Crippen LogP contribution >= 0.6 is 11.6 Å². The van der Waals surface area contributed by atoms with Gasteiger partial charge in [0.1, 0.15) is 5.75 Å². The highest BCUT2D eigenvalue weighted by atomic mass is 35.5. The van der Waals surface area contributed by atoms with Crippen LogP contribution in [-0.2, 0) is 9.59 Å². The Morgan fingerprint density at radius 3 is 2.44 bits per heavy atom. The van der Waals surface area contributed by atoms with Gasteiger partial charge < -0.3 is 15.2 Å². The Kier molecular flexibility index (Phi) is 4.90. The maximum atomic E-state index is 12.1. The minimum absolute atomic E-state index is 0.00468. The number of ether oxygens (including phenoxy) is 1. The van der Waals surface area contributed by atoms with Crippen molar-refractivity contribution in [3.63, 3.8) is 0 Å². The number of carboxylic acids is 1. The van der Waals surface area contributed by atoms with Crippen LogP contribution in [0.4, 0.5) is 5.69 Å². The van der Waals surface area contributed by atoms with E-state index in [1.54, 1.807) is 36.4 Å². The highest BCUT2D eigenvalue weighted by Gasteiger charge is 2.45. The van der Waals surface area contributed by atoms with Gasteiger partial charge in [0.05, 0.1) is 10.4 Å². The van der Waals surface area contributed by atoms with Gasteiger partial charge in [0.15, 0.2) is 0 Å². The van der Waals surface area contributed by atoms with Crippen molar-refractivity contribution in [2.45, 2.75) is 25.7 Å². The summed E-state index contributed by atoms with van der Waals surface area (Å²) in [5.41, 5.74) is -0.311. The summed E-state index contributed by atoms with van der Waals surface area (Å²) >= 11 is 5.77. The molecule has 1 aliphatic rings. The molecule has 0 aliphatic heterocycles. The molecular formula is C18H17ClN2O4. The average Bonchev–Trinajstić information content (AvgIpc) is 2.54. The number of carbonyl (C=O) groups is 2. The van der Waals surface area contributed by atoms with Gasteiger partial charge >= 0.3 is 5.97 Å². The van der Waals surface area contributed by atoms with E-state index in [4.69, 9.17) is 16.3 Å². The number of rotatable bonds is 6. The van der Waals surface area contributed by atoms with Crippen LogP contribution in [0.5, 0.6) is 11.6 Å². The second-order valence-corrected chi connectivity index (χ2v) is 6.54. The molecule has 0 bridgehead atoms. The van der Waals surface area contributed by atoms with Crippen LogP contribution in [0.2, 0.25) is 5.02 Å². The van der Waals surface area contributed by atoms with Crippen LogP contribution in [0, 0.1) is 5.41 Å². The third-order valence-corrected chi connectivity index (χ3v) is 4.55. The van der Waals surface area contributed by atoms with Crippen molar-refractivity contribution in [2.24, 2.45) is 5.41 Å². The van der Waals surface area contributed by atoms with Crippen molar-refractivity contribution in [1.29, 1.82) is 0 Å². The standard InChI is InChI=1S/C18H17ClN2O4/c19-12-2-7-16(20-11-12)25-14-5-3-13(4-6-14)21-15(22)10-18(17(23)24)8-1-9-18/h2-7,11H,1,8-10H2,(H,21,22)(H,23,24). The van der Waals surface area contributed by atoms with Gasteiger partial charge in [-0.2, -0.15) is 0 Å². The van der Waals surface area contributed by atoms with Gasteiger partial charge in [0, 0.05) is 24.4 Å². The lowest BCUT2D eigenvalue weighted by atomic mass is 9.66. The van der Waals surface area contributed by atoms with Gasteiger partial charge in [0.2, 0.25) is 11.8 Å². The van der Waals surface area contributed by atoms with E-state index in [1.165, 1.54) is 6.20 Å². The van der Waals surface area contributed by atoms with Crippen LogP contribution in [0.3, 0.4) is 0 Å². The first-order valence-corrected chi connectivity index (χ1v) is 8.27. The molecule has 6 nitrogen and oxygen atoms in total. The smallest absolute Gasteiger partial charge is 0.310 e. The molecule has 1 fully saturated rings. The van der Waals surface area contributed by atoms with Crippen LogP contribution < -0.4 is 10.1 Å². The lowest BCUT2D eigenvalue weighted by Crippen LogP contribution is -2.41. The van der Waals surface area contributed by atoms with Gasteiger partial charge in [-0.1, -0.05) is 18.0 Å². The third-order valence-electron chi connectivity index (χ3n) is 4.32. The number of aliphatic carboxylic acids is 1. The molecule has 1 aliphatic carbocycles. The predicted octanol–water partition coefficient (Wildman–Crippen LogP) is 4.11. The molecule has 1 aromatic carbocycles. The Morgan fingerprint density at radius 2 is 1.92 bits per heavy atom. The fourth-order valence-electron chi connectivity index (χ4n) is 2.73. The van der Waals surface area contributed by atoms with Crippen LogP contribution in [0.1, 0.15) is 25.7 Å². The molecule has 0 atom stereocenters. The van der Waals surface area contributed by atoms with Crippen LogP contribution in [0.25, 0.3) is 0 Å². The predicted molar refractivity (Wildman–Crippen MR) is 92.9 cm³/mol. The summed E-state index contributed by atoms with van der Waals surface area (Å²) in [7, 11) is 0. The third kappa shape index (κ3) is 4.09. The topological polar surface area (TPSA) is 88.5 Å².